The van der Waals surface area contributed by atoms with Crippen molar-refractivity contribution in [1.82, 2.24) is 20.5 Å². The van der Waals surface area contributed by atoms with Crippen molar-refractivity contribution in [2.75, 3.05) is 5.32 Å². The monoisotopic (exact) mass is 577 g/mol. The number of aliphatic carboxylic acids is 1. The van der Waals surface area contributed by atoms with E-state index in [-0.39, 0.29) is 22.6 Å². The SMILES string of the molecule is CC(=O)Nc1ccc2ncc(C(=O)NC(C(=O)N[C@@H]3C(=O)N4[C@@H]3SC(C)(C)[C@@H]4C(=O)O)c3ccccc3)c(O)c2c1. The maximum Gasteiger partial charge on any atom is 0.327 e. The van der Waals surface area contributed by atoms with Crippen LogP contribution in [0.3, 0.4) is 0 Å². The van der Waals surface area contributed by atoms with Crippen LogP contribution in [0.15, 0.2) is 54.7 Å². The number of nitrogens with zero attached hydrogens (tertiary/aromatic N) is 2. The molecule has 0 saturated carbocycles. The fourth-order valence-corrected chi connectivity index (χ4v) is 6.79. The molecule has 212 valence electrons. The molecular weight excluding hydrogens is 550 g/mol. The predicted molar refractivity (Wildman–Crippen MR) is 150 cm³/mol. The van der Waals surface area contributed by atoms with Gasteiger partial charge in [-0.1, -0.05) is 30.3 Å². The van der Waals surface area contributed by atoms with Crippen molar-refractivity contribution in [3.8, 4) is 5.75 Å². The van der Waals surface area contributed by atoms with Crippen molar-refractivity contribution in [1.29, 1.82) is 0 Å². The maximum atomic E-state index is 13.5. The first-order valence-corrected chi connectivity index (χ1v) is 13.6. The van der Waals surface area contributed by atoms with Crippen LogP contribution >= 0.6 is 11.8 Å². The summed E-state index contributed by atoms with van der Waals surface area (Å²) >= 11 is 1.29. The molecule has 3 heterocycles. The standard InChI is InChI=1S/C28H27N5O7S/c1-13(34)30-15-9-10-18-16(11-15)21(35)17(12-29-18)23(36)31-19(14-7-5-4-6-8-14)24(37)32-20-25(38)33-22(27(39)40)28(2,3)41-26(20)33/h4-12,19-20,22,26H,1-3H3,(H,29,35)(H,30,34)(H,31,36)(H,32,37)(H,39,40)/t19?,20-,22+,26-/m1/s1. The molecule has 13 heteroatoms. The Morgan fingerprint density at radius 3 is 2.46 bits per heavy atom. The van der Waals surface area contributed by atoms with Gasteiger partial charge in [0.25, 0.3) is 5.91 Å². The molecular formula is C28H27N5O7S. The summed E-state index contributed by atoms with van der Waals surface area (Å²) in [4.78, 5) is 68.6. The summed E-state index contributed by atoms with van der Waals surface area (Å²) in [6, 6.07) is 9.79. The molecule has 0 spiro atoms. The fourth-order valence-electron chi connectivity index (χ4n) is 5.16. The molecule has 2 aliphatic heterocycles. The van der Waals surface area contributed by atoms with E-state index in [1.54, 1.807) is 56.3 Å². The van der Waals surface area contributed by atoms with Crippen LogP contribution in [0.1, 0.15) is 42.7 Å². The van der Waals surface area contributed by atoms with Gasteiger partial charge in [-0.2, -0.15) is 0 Å². The number of nitrogens with one attached hydrogen (secondary N) is 3. The molecule has 2 fully saturated rings. The van der Waals surface area contributed by atoms with Gasteiger partial charge in [0.05, 0.1) is 5.52 Å². The zero-order valence-corrected chi connectivity index (χ0v) is 23.1. The number of amides is 4. The number of benzene rings is 2. The lowest BCUT2D eigenvalue weighted by Gasteiger charge is -2.44. The van der Waals surface area contributed by atoms with Gasteiger partial charge in [0.2, 0.25) is 17.7 Å². The Balaban J connectivity index is 1.40. The lowest BCUT2D eigenvalue weighted by Crippen LogP contribution is -2.71. The van der Waals surface area contributed by atoms with E-state index in [4.69, 9.17) is 0 Å². The molecule has 2 saturated heterocycles. The van der Waals surface area contributed by atoms with Gasteiger partial charge in [-0.25, -0.2) is 4.79 Å². The maximum absolute atomic E-state index is 13.5. The average molecular weight is 578 g/mol. The summed E-state index contributed by atoms with van der Waals surface area (Å²) in [6.45, 7) is 4.81. The number of hydrogen-bond donors (Lipinski definition) is 5. The van der Waals surface area contributed by atoms with E-state index in [2.05, 4.69) is 20.9 Å². The molecule has 0 radical (unpaired) electrons. The van der Waals surface area contributed by atoms with Crippen LogP contribution in [0, 0.1) is 0 Å². The smallest absolute Gasteiger partial charge is 0.327 e. The third-order valence-electron chi connectivity index (χ3n) is 7.05. The van der Waals surface area contributed by atoms with Crippen LogP contribution < -0.4 is 16.0 Å². The zero-order chi connectivity index (χ0) is 29.6. The lowest BCUT2D eigenvalue weighted by molar-refractivity contribution is -0.161. The van der Waals surface area contributed by atoms with Crippen molar-refractivity contribution < 1.29 is 34.2 Å². The largest absolute Gasteiger partial charge is 0.506 e. The van der Waals surface area contributed by atoms with Crippen LogP contribution in [-0.2, 0) is 19.2 Å². The number of rotatable bonds is 7. The Morgan fingerprint density at radius 2 is 1.80 bits per heavy atom. The normalized spacial score (nSPS) is 21.4. The molecule has 1 unspecified atom stereocenters. The topological polar surface area (TPSA) is 178 Å². The van der Waals surface area contributed by atoms with Crippen molar-refractivity contribution in [2.45, 2.75) is 49.0 Å². The highest BCUT2D eigenvalue weighted by atomic mass is 32.2. The second kappa shape index (κ2) is 10.4. The number of pyridine rings is 1. The molecule has 4 atom stereocenters. The average Bonchev–Trinajstić information content (AvgIpc) is 3.18. The summed E-state index contributed by atoms with van der Waals surface area (Å²) < 4.78 is -0.765. The number of anilines is 1. The first-order chi connectivity index (χ1) is 19.4. The Labute approximate surface area is 238 Å². The van der Waals surface area contributed by atoms with Crippen LogP contribution in [0.25, 0.3) is 10.9 Å². The van der Waals surface area contributed by atoms with Gasteiger partial charge < -0.3 is 31.1 Å². The minimum atomic E-state index is -1.25. The number of fused-ring (bicyclic) bond motifs is 2. The molecule has 3 aromatic rings. The predicted octanol–water partition coefficient (Wildman–Crippen LogP) is 2.00. The molecule has 4 amide bonds. The Hall–Kier alpha value is -4.65. The Morgan fingerprint density at radius 1 is 1.10 bits per heavy atom. The van der Waals surface area contributed by atoms with E-state index < -0.39 is 51.9 Å². The number of aromatic nitrogens is 1. The fraction of sp³-hybridized carbons (Fsp3) is 0.286. The highest BCUT2D eigenvalue weighted by Gasteiger charge is 2.64. The molecule has 5 N–H and O–H groups in total. The number of carbonyl (C=O) groups excluding carboxylic acids is 4. The van der Waals surface area contributed by atoms with Crippen LogP contribution in [0.5, 0.6) is 5.75 Å². The highest BCUT2D eigenvalue weighted by molar-refractivity contribution is 8.01. The molecule has 0 bridgehead atoms. The van der Waals surface area contributed by atoms with Crippen molar-refractivity contribution in [3.63, 3.8) is 0 Å². The number of β-lactam (4-membered cyclic amide) rings is 1. The minimum absolute atomic E-state index is 0.200. The van der Waals surface area contributed by atoms with Gasteiger partial charge in [0.15, 0.2) is 0 Å². The minimum Gasteiger partial charge on any atom is -0.506 e. The molecule has 2 aromatic carbocycles. The number of carboxylic acid groups (broad SMARTS) is 1. The van der Waals surface area contributed by atoms with Crippen molar-refractivity contribution in [2.24, 2.45) is 0 Å². The zero-order valence-electron chi connectivity index (χ0n) is 22.2. The number of carbonyl (C=O) groups is 5. The summed E-state index contributed by atoms with van der Waals surface area (Å²) in [7, 11) is 0. The molecule has 5 rings (SSSR count). The first-order valence-electron chi connectivity index (χ1n) is 12.7. The van der Waals surface area contributed by atoms with Gasteiger partial charge in [-0.3, -0.25) is 24.2 Å². The van der Waals surface area contributed by atoms with Crippen LogP contribution in [0.2, 0.25) is 0 Å². The number of aromatic hydroxyl groups is 1. The summed E-state index contributed by atoms with van der Waals surface area (Å²) in [6.07, 6.45) is 1.18. The van der Waals surface area contributed by atoms with Crippen molar-refractivity contribution in [3.05, 3.63) is 65.9 Å². The summed E-state index contributed by atoms with van der Waals surface area (Å²) in [5, 5.41) is 28.2. The van der Waals surface area contributed by atoms with Gasteiger partial charge in [0.1, 0.15) is 34.8 Å². The number of hydrogen-bond acceptors (Lipinski definition) is 8. The van der Waals surface area contributed by atoms with Gasteiger partial charge in [-0.05, 0) is 37.6 Å². The van der Waals surface area contributed by atoms with E-state index in [9.17, 15) is 34.2 Å². The van der Waals surface area contributed by atoms with Gasteiger partial charge in [-0.15, -0.1) is 11.8 Å². The molecule has 41 heavy (non-hydrogen) atoms. The summed E-state index contributed by atoms with van der Waals surface area (Å²) in [5.41, 5.74) is 1.01. The summed E-state index contributed by atoms with van der Waals surface area (Å²) in [5.74, 6) is -3.81. The Bertz CT molecular complexity index is 1600. The third-order valence-corrected chi connectivity index (χ3v) is 8.62. The van der Waals surface area contributed by atoms with Crippen LogP contribution in [0.4, 0.5) is 5.69 Å². The third kappa shape index (κ3) is 5.04. The first kappa shape index (κ1) is 27.9. The van der Waals surface area contributed by atoms with Gasteiger partial charge >= 0.3 is 5.97 Å². The second-order valence-corrected chi connectivity index (χ2v) is 12.1. The lowest BCUT2D eigenvalue weighted by atomic mass is 9.95. The van der Waals surface area contributed by atoms with E-state index in [1.807, 2.05) is 0 Å². The quantitative estimate of drug-likeness (QED) is 0.263. The molecule has 1 aromatic heterocycles. The molecule has 0 aliphatic carbocycles. The van der Waals surface area contributed by atoms with Crippen molar-refractivity contribution >= 4 is 58.0 Å². The Kier molecular flexibility index (Phi) is 7.07. The van der Waals surface area contributed by atoms with Crippen LogP contribution in [-0.4, -0.2) is 71.9 Å². The number of carboxylic acids is 1. The second-order valence-electron chi connectivity index (χ2n) is 10.3. The van der Waals surface area contributed by atoms with E-state index >= 15 is 0 Å². The molecule has 2 aliphatic rings. The highest BCUT2D eigenvalue weighted by Crippen LogP contribution is 2.50. The molecule has 12 nitrogen and oxygen atoms in total. The number of thioether (sulfide) groups is 1. The van der Waals surface area contributed by atoms with E-state index in [1.165, 1.54) is 35.8 Å². The van der Waals surface area contributed by atoms with E-state index in [0.29, 0.717) is 16.8 Å². The van der Waals surface area contributed by atoms with Gasteiger partial charge in [0, 0.05) is 28.9 Å². The van der Waals surface area contributed by atoms with E-state index in [0.717, 1.165) is 0 Å².